The third-order valence-electron chi connectivity index (χ3n) is 4.65. The van der Waals surface area contributed by atoms with E-state index in [4.69, 9.17) is 4.74 Å². The van der Waals surface area contributed by atoms with Gasteiger partial charge in [0.1, 0.15) is 17.0 Å². The van der Waals surface area contributed by atoms with Crippen LogP contribution in [0.25, 0.3) is 10.9 Å². The molecule has 1 atom stereocenters. The molecule has 5 nitrogen and oxygen atoms in total. The lowest BCUT2D eigenvalue weighted by molar-refractivity contribution is 0.0942. The molecule has 0 bridgehead atoms. The zero-order chi connectivity index (χ0) is 17.6. The van der Waals surface area contributed by atoms with Crippen LogP contribution in [0.4, 0.5) is 4.39 Å². The van der Waals surface area contributed by atoms with E-state index in [9.17, 15) is 9.18 Å². The van der Waals surface area contributed by atoms with Gasteiger partial charge in [0, 0.05) is 38.7 Å². The number of nitrogens with one attached hydrogen (secondary N) is 1. The maximum atomic E-state index is 13.8. The molecule has 3 rings (SSSR count). The summed E-state index contributed by atoms with van der Waals surface area (Å²) in [6, 6.07) is 8.14. The van der Waals surface area contributed by atoms with Gasteiger partial charge in [-0.3, -0.25) is 4.79 Å². The summed E-state index contributed by atoms with van der Waals surface area (Å²) < 4.78 is 18.9. The van der Waals surface area contributed by atoms with Gasteiger partial charge in [-0.05, 0) is 37.4 Å². The number of fused-ring (bicyclic) bond motifs is 1. The first kappa shape index (κ1) is 17.8. The molecule has 1 N–H and O–H groups in total. The highest BCUT2D eigenvalue weighted by Gasteiger charge is 2.22. The molecule has 1 aromatic heterocycles. The number of aromatic nitrogens is 1. The number of carbonyl (C=O) groups is 1. The second-order valence-corrected chi connectivity index (χ2v) is 6.52. The highest BCUT2D eigenvalue weighted by Crippen LogP contribution is 2.17. The SMILES string of the molecule is COCCCN1CC[C@H](CNC(=O)c2ccc3cccc(F)c3n2)C1. The van der Waals surface area contributed by atoms with Gasteiger partial charge in [-0.1, -0.05) is 18.2 Å². The topological polar surface area (TPSA) is 54.5 Å². The first-order valence-corrected chi connectivity index (χ1v) is 8.72. The third-order valence-corrected chi connectivity index (χ3v) is 4.65. The number of halogens is 1. The molecule has 134 valence electrons. The van der Waals surface area contributed by atoms with Gasteiger partial charge in [-0.25, -0.2) is 9.37 Å². The lowest BCUT2D eigenvalue weighted by Gasteiger charge is -2.16. The van der Waals surface area contributed by atoms with E-state index in [1.54, 1.807) is 31.4 Å². The molecule has 1 aliphatic rings. The van der Waals surface area contributed by atoms with Crippen LogP contribution in [0.1, 0.15) is 23.3 Å². The number of amides is 1. The van der Waals surface area contributed by atoms with E-state index in [1.165, 1.54) is 6.07 Å². The smallest absolute Gasteiger partial charge is 0.269 e. The minimum atomic E-state index is -0.408. The second-order valence-electron chi connectivity index (χ2n) is 6.52. The van der Waals surface area contributed by atoms with Gasteiger partial charge in [0.25, 0.3) is 5.91 Å². The summed E-state index contributed by atoms with van der Waals surface area (Å²) in [6.45, 7) is 4.48. The van der Waals surface area contributed by atoms with Crippen molar-refractivity contribution in [2.24, 2.45) is 5.92 Å². The summed E-state index contributed by atoms with van der Waals surface area (Å²) in [5, 5.41) is 3.63. The average molecular weight is 345 g/mol. The Balaban J connectivity index is 1.52. The number of benzene rings is 1. The second kappa shape index (κ2) is 8.36. The number of rotatable bonds is 7. The van der Waals surface area contributed by atoms with Crippen molar-refractivity contribution in [2.75, 3.05) is 39.9 Å². The van der Waals surface area contributed by atoms with Crippen LogP contribution in [0.15, 0.2) is 30.3 Å². The predicted molar refractivity (Wildman–Crippen MR) is 95.1 cm³/mol. The summed E-state index contributed by atoms with van der Waals surface area (Å²) in [7, 11) is 1.72. The van der Waals surface area contributed by atoms with Crippen LogP contribution < -0.4 is 5.32 Å². The van der Waals surface area contributed by atoms with E-state index in [0.717, 1.165) is 39.1 Å². The minimum absolute atomic E-state index is 0.236. The summed E-state index contributed by atoms with van der Waals surface area (Å²) >= 11 is 0. The van der Waals surface area contributed by atoms with Crippen molar-refractivity contribution in [3.05, 3.63) is 41.8 Å². The number of ether oxygens (including phenoxy) is 1. The molecule has 0 saturated carbocycles. The quantitative estimate of drug-likeness (QED) is 0.783. The van der Waals surface area contributed by atoms with Gasteiger partial charge < -0.3 is 15.0 Å². The number of carbonyl (C=O) groups excluding carboxylic acids is 1. The molecule has 0 spiro atoms. The molecule has 1 saturated heterocycles. The Morgan fingerprint density at radius 1 is 1.40 bits per heavy atom. The van der Waals surface area contributed by atoms with Gasteiger partial charge in [0.2, 0.25) is 0 Å². The van der Waals surface area contributed by atoms with Crippen molar-refractivity contribution in [1.29, 1.82) is 0 Å². The Labute approximate surface area is 147 Å². The van der Waals surface area contributed by atoms with Crippen molar-refractivity contribution >= 4 is 16.8 Å². The minimum Gasteiger partial charge on any atom is -0.385 e. The van der Waals surface area contributed by atoms with E-state index in [0.29, 0.717) is 17.8 Å². The molecule has 1 aliphatic heterocycles. The van der Waals surface area contributed by atoms with E-state index in [1.807, 2.05) is 0 Å². The molecule has 2 aromatic rings. The Bertz CT molecular complexity index is 738. The fourth-order valence-electron chi connectivity index (χ4n) is 3.28. The number of pyridine rings is 1. The number of methoxy groups -OCH3 is 1. The molecule has 6 heteroatoms. The monoisotopic (exact) mass is 345 g/mol. The maximum absolute atomic E-state index is 13.8. The van der Waals surface area contributed by atoms with Gasteiger partial charge >= 0.3 is 0 Å². The van der Waals surface area contributed by atoms with Crippen LogP contribution >= 0.6 is 0 Å². The lowest BCUT2D eigenvalue weighted by atomic mass is 10.1. The van der Waals surface area contributed by atoms with E-state index in [2.05, 4.69) is 15.2 Å². The van der Waals surface area contributed by atoms with Crippen LogP contribution in [-0.2, 0) is 4.74 Å². The largest absolute Gasteiger partial charge is 0.385 e. The van der Waals surface area contributed by atoms with E-state index in [-0.39, 0.29) is 17.1 Å². The summed E-state index contributed by atoms with van der Waals surface area (Å²) in [5.74, 6) is -0.207. The molecule has 25 heavy (non-hydrogen) atoms. The zero-order valence-corrected chi connectivity index (χ0v) is 14.5. The Morgan fingerprint density at radius 3 is 3.12 bits per heavy atom. The summed E-state index contributed by atoms with van der Waals surface area (Å²) in [6.07, 6.45) is 2.11. The van der Waals surface area contributed by atoms with Crippen molar-refractivity contribution in [3.8, 4) is 0 Å². The molecule has 0 unspecified atom stereocenters. The normalized spacial score (nSPS) is 17.9. The van der Waals surface area contributed by atoms with Crippen molar-refractivity contribution in [1.82, 2.24) is 15.2 Å². The van der Waals surface area contributed by atoms with Crippen molar-refractivity contribution < 1.29 is 13.9 Å². The van der Waals surface area contributed by atoms with Crippen LogP contribution in [0.3, 0.4) is 0 Å². The predicted octanol–water partition coefficient (Wildman–Crippen LogP) is 2.46. The molecule has 1 amide bonds. The Morgan fingerprint density at radius 2 is 2.28 bits per heavy atom. The maximum Gasteiger partial charge on any atom is 0.269 e. The van der Waals surface area contributed by atoms with Gasteiger partial charge in [0.15, 0.2) is 0 Å². The first-order valence-electron chi connectivity index (χ1n) is 8.72. The van der Waals surface area contributed by atoms with Gasteiger partial charge in [-0.2, -0.15) is 0 Å². The standard InChI is InChI=1S/C19H24FN3O2/c1-25-11-3-9-23-10-8-14(13-23)12-21-19(24)17-7-6-15-4-2-5-16(20)18(15)22-17/h2,4-7,14H,3,8-13H2,1H3,(H,21,24)/t14-/m1/s1. The molecule has 2 heterocycles. The molecule has 0 aliphatic carbocycles. The Kier molecular flexibility index (Phi) is 5.94. The number of nitrogens with zero attached hydrogens (tertiary/aromatic N) is 2. The number of likely N-dealkylation sites (tertiary alicyclic amines) is 1. The number of para-hydroxylation sites is 1. The zero-order valence-electron chi connectivity index (χ0n) is 14.5. The molecule has 1 fully saturated rings. The number of hydrogen-bond acceptors (Lipinski definition) is 4. The highest BCUT2D eigenvalue weighted by atomic mass is 19.1. The van der Waals surface area contributed by atoms with Crippen molar-refractivity contribution in [3.63, 3.8) is 0 Å². The molecular weight excluding hydrogens is 321 g/mol. The average Bonchev–Trinajstić information content (AvgIpc) is 3.08. The van der Waals surface area contributed by atoms with E-state index < -0.39 is 5.82 Å². The third kappa shape index (κ3) is 4.52. The van der Waals surface area contributed by atoms with Gasteiger partial charge in [-0.15, -0.1) is 0 Å². The molecular formula is C19H24FN3O2. The fourth-order valence-corrected chi connectivity index (χ4v) is 3.28. The summed E-state index contributed by atoms with van der Waals surface area (Å²) in [5.41, 5.74) is 0.493. The van der Waals surface area contributed by atoms with Crippen LogP contribution in [0.5, 0.6) is 0 Å². The van der Waals surface area contributed by atoms with Crippen LogP contribution in [0.2, 0.25) is 0 Å². The van der Waals surface area contributed by atoms with E-state index >= 15 is 0 Å². The number of hydrogen-bond donors (Lipinski definition) is 1. The highest BCUT2D eigenvalue weighted by molar-refractivity contribution is 5.94. The van der Waals surface area contributed by atoms with Crippen molar-refractivity contribution in [2.45, 2.75) is 12.8 Å². The van der Waals surface area contributed by atoms with Crippen LogP contribution in [0, 0.1) is 11.7 Å². The fraction of sp³-hybridized carbons (Fsp3) is 0.474. The Hall–Kier alpha value is -2.05. The molecule has 0 radical (unpaired) electrons. The van der Waals surface area contributed by atoms with Gasteiger partial charge in [0.05, 0.1) is 0 Å². The summed E-state index contributed by atoms with van der Waals surface area (Å²) in [4.78, 5) is 18.9. The lowest BCUT2D eigenvalue weighted by Crippen LogP contribution is -2.31. The first-order chi connectivity index (χ1) is 12.2. The molecule has 1 aromatic carbocycles. The van der Waals surface area contributed by atoms with Crippen LogP contribution in [-0.4, -0.2) is 55.7 Å².